The lowest BCUT2D eigenvalue weighted by molar-refractivity contribution is -0.145. The van der Waals surface area contributed by atoms with Crippen LogP contribution < -0.4 is 0 Å². The summed E-state index contributed by atoms with van der Waals surface area (Å²) in [5.41, 5.74) is 0. The standard InChI is InChI=1S/C10H16O3/c1-7(10(12)13-2)5-8-3-4-9(11)6-8/h7-8H,3-6H2,1-2H3/t7-,8?/m0/s1. The molecule has 0 N–H and O–H groups in total. The molecule has 74 valence electrons. The highest BCUT2D eigenvalue weighted by Crippen LogP contribution is 2.28. The van der Waals surface area contributed by atoms with E-state index in [1.807, 2.05) is 6.92 Å². The van der Waals surface area contributed by atoms with E-state index in [1.165, 1.54) is 7.11 Å². The van der Waals surface area contributed by atoms with Crippen molar-refractivity contribution in [1.29, 1.82) is 0 Å². The number of methoxy groups -OCH3 is 1. The lowest BCUT2D eigenvalue weighted by Gasteiger charge is -2.12. The summed E-state index contributed by atoms with van der Waals surface area (Å²) in [4.78, 5) is 22.0. The second-order valence-electron chi connectivity index (χ2n) is 3.81. The molecule has 1 fully saturated rings. The highest BCUT2D eigenvalue weighted by molar-refractivity contribution is 5.80. The molecule has 0 aliphatic heterocycles. The van der Waals surface area contributed by atoms with Crippen molar-refractivity contribution in [2.75, 3.05) is 7.11 Å². The molecule has 1 rings (SSSR count). The van der Waals surface area contributed by atoms with Crippen LogP contribution >= 0.6 is 0 Å². The number of esters is 1. The lowest BCUT2D eigenvalue weighted by atomic mass is 9.95. The number of carbonyl (C=O) groups excluding carboxylic acids is 2. The molecule has 1 unspecified atom stereocenters. The van der Waals surface area contributed by atoms with Gasteiger partial charge in [-0.25, -0.2) is 0 Å². The molecule has 0 radical (unpaired) electrons. The quantitative estimate of drug-likeness (QED) is 0.625. The van der Waals surface area contributed by atoms with Crippen LogP contribution in [0.5, 0.6) is 0 Å². The summed E-state index contributed by atoms with van der Waals surface area (Å²) in [6.45, 7) is 1.86. The summed E-state index contributed by atoms with van der Waals surface area (Å²) in [6, 6.07) is 0. The first-order valence-corrected chi connectivity index (χ1v) is 4.73. The maximum Gasteiger partial charge on any atom is 0.308 e. The molecule has 2 atom stereocenters. The van der Waals surface area contributed by atoms with E-state index in [0.29, 0.717) is 24.5 Å². The van der Waals surface area contributed by atoms with Crippen molar-refractivity contribution in [2.45, 2.75) is 32.6 Å². The van der Waals surface area contributed by atoms with E-state index in [4.69, 9.17) is 0 Å². The normalized spacial score (nSPS) is 24.5. The molecule has 1 aliphatic rings. The Labute approximate surface area is 78.5 Å². The fourth-order valence-electron chi connectivity index (χ4n) is 1.89. The summed E-state index contributed by atoms with van der Waals surface area (Å²) >= 11 is 0. The molecule has 0 bridgehead atoms. The molecule has 1 saturated carbocycles. The minimum absolute atomic E-state index is 0.0686. The van der Waals surface area contributed by atoms with Gasteiger partial charge in [-0.2, -0.15) is 0 Å². The molecular weight excluding hydrogens is 168 g/mol. The predicted molar refractivity (Wildman–Crippen MR) is 48.1 cm³/mol. The van der Waals surface area contributed by atoms with Crippen LogP contribution in [0.2, 0.25) is 0 Å². The number of ketones is 1. The second kappa shape index (κ2) is 4.40. The lowest BCUT2D eigenvalue weighted by Crippen LogP contribution is -2.15. The van der Waals surface area contributed by atoms with E-state index in [-0.39, 0.29) is 11.9 Å². The van der Waals surface area contributed by atoms with Crippen LogP contribution in [0, 0.1) is 11.8 Å². The van der Waals surface area contributed by atoms with Gasteiger partial charge in [0.15, 0.2) is 0 Å². The fourth-order valence-corrected chi connectivity index (χ4v) is 1.89. The molecule has 1 aliphatic carbocycles. The van der Waals surface area contributed by atoms with E-state index in [1.54, 1.807) is 0 Å². The maximum absolute atomic E-state index is 11.1. The van der Waals surface area contributed by atoms with E-state index in [0.717, 1.165) is 12.8 Å². The van der Waals surface area contributed by atoms with Gasteiger partial charge in [0.05, 0.1) is 13.0 Å². The minimum atomic E-state index is -0.167. The SMILES string of the molecule is COC(=O)[C@@H](C)CC1CCC(=O)C1. The number of hydrogen-bond acceptors (Lipinski definition) is 3. The van der Waals surface area contributed by atoms with Crippen LogP contribution in [0.1, 0.15) is 32.6 Å². The molecule has 0 heterocycles. The zero-order valence-corrected chi connectivity index (χ0v) is 8.21. The fraction of sp³-hybridized carbons (Fsp3) is 0.800. The molecule has 0 aromatic rings. The second-order valence-corrected chi connectivity index (χ2v) is 3.81. The van der Waals surface area contributed by atoms with Gasteiger partial charge in [0.2, 0.25) is 0 Å². The topological polar surface area (TPSA) is 43.4 Å². The zero-order valence-electron chi connectivity index (χ0n) is 8.21. The zero-order chi connectivity index (χ0) is 9.84. The van der Waals surface area contributed by atoms with Crippen molar-refractivity contribution < 1.29 is 14.3 Å². The minimum Gasteiger partial charge on any atom is -0.469 e. The van der Waals surface area contributed by atoms with Crippen molar-refractivity contribution >= 4 is 11.8 Å². The largest absolute Gasteiger partial charge is 0.469 e. The van der Waals surface area contributed by atoms with Gasteiger partial charge in [0.25, 0.3) is 0 Å². The van der Waals surface area contributed by atoms with Crippen molar-refractivity contribution in [3.63, 3.8) is 0 Å². The van der Waals surface area contributed by atoms with Crippen LogP contribution in [-0.2, 0) is 14.3 Å². The first-order chi connectivity index (χ1) is 6.13. The Hall–Kier alpha value is -0.860. The maximum atomic E-state index is 11.1. The summed E-state index contributed by atoms with van der Waals surface area (Å²) in [7, 11) is 1.40. The molecular formula is C10H16O3. The third-order valence-electron chi connectivity index (χ3n) is 2.64. The van der Waals surface area contributed by atoms with Gasteiger partial charge in [-0.15, -0.1) is 0 Å². The Morgan fingerprint density at radius 3 is 2.85 bits per heavy atom. The highest BCUT2D eigenvalue weighted by atomic mass is 16.5. The molecule has 13 heavy (non-hydrogen) atoms. The van der Waals surface area contributed by atoms with E-state index in [9.17, 15) is 9.59 Å². The average molecular weight is 184 g/mol. The Balaban J connectivity index is 2.32. The van der Waals surface area contributed by atoms with Crippen molar-refractivity contribution in [3.8, 4) is 0 Å². The van der Waals surface area contributed by atoms with Gasteiger partial charge in [-0.3, -0.25) is 9.59 Å². The molecule has 0 saturated heterocycles. The number of ether oxygens (including phenoxy) is 1. The van der Waals surface area contributed by atoms with Crippen LogP contribution in [-0.4, -0.2) is 18.9 Å². The smallest absolute Gasteiger partial charge is 0.308 e. The molecule has 3 nitrogen and oxygen atoms in total. The van der Waals surface area contributed by atoms with E-state index >= 15 is 0 Å². The van der Waals surface area contributed by atoms with Gasteiger partial charge >= 0.3 is 5.97 Å². The van der Waals surface area contributed by atoms with E-state index in [2.05, 4.69) is 4.74 Å². The van der Waals surface area contributed by atoms with Crippen molar-refractivity contribution in [1.82, 2.24) is 0 Å². The average Bonchev–Trinajstić information content (AvgIpc) is 2.49. The third-order valence-corrected chi connectivity index (χ3v) is 2.64. The number of hydrogen-bond donors (Lipinski definition) is 0. The summed E-state index contributed by atoms with van der Waals surface area (Å²) in [6.07, 6.45) is 3.08. The summed E-state index contributed by atoms with van der Waals surface area (Å²) in [5, 5.41) is 0. The van der Waals surface area contributed by atoms with Crippen LogP contribution in [0.15, 0.2) is 0 Å². The Kier molecular flexibility index (Phi) is 3.46. The van der Waals surface area contributed by atoms with Crippen LogP contribution in [0.3, 0.4) is 0 Å². The first-order valence-electron chi connectivity index (χ1n) is 4.73. The van der Waals surface area contributed by atoms with Gasteiger partial charge in [0.1, 0.15) is 5.78 Å². The highest BCUT2D eigenvalue weighted by Gasteiger charge is 2.26. The third kappa shape index (κ3) is 2.83. The summed E-state index contributed by atoms with van der Waals surface area (Å²) in [5.74, 6) is 0.504. The number of carbonyl (C=O) groups is 2. The monoisotopic (exact) mass is 184 g/mol. The molecule has 0 aromatic carbocycles. The first kappa shape index (κ1) is 10.2. The molecule has 3 heteroatoms. The van der Waals surface area contributed by atoms with Gasteiger partial charge in [-0.1, -0.05) is 6.92 Å². The van der Waals surface area contributed by atoms with Gasteiger partial charge < -0.3 is 4.74 Å². The Morgan fingerprint density at radius 2 is 2.38 bits per heavy atom. The van der Waals surface area contributed by atoms with E-state index < -0.39 is 0 Å². The molecule has 0 aromatic heterocycles. The summed E-state index contributed by atoms with van der Waals surface area (Å²) < 4.78 is 4.63. The number of Topliss-reactive ketones (excluding diaryl/α,β-unsaturated/α-hetero) is 1. The van der Waals surface area contributed by atoms with Crippen molar-refractivity contribution in [3.05, 3.63) is 0 Å². The van der Waals surface area contributed by atoms with Gasteiger partial charge in [0, 0.05) is 12.8 Å². The Morgan fingerprint density at radius 1 is 1.69 bits per heavy atom. The predicted octanol–water partition coefficient (Wildman–Crippen LogP) is 1.55. The molecule has 0 amide bonds. The van der Waals surface area contributed by atoms with Crippen LogP contribution in [0.25, 0.3) is 0 Å². The van der Waals surface area contributed by atoms with Crippen LogP contribution in [0.4, 0.5) is 0 Å². The van der Waals surface area contributed by atoms with Gasteiger partial charge in [-0.05, 0) is 18.8 Å². The molecule has 0 spiro atoms. The van der Waals surface area contributed by atoms with Crippen molar-refractivity contribution in [2.24, 2.45) is 11.8 Å². The number of rotatable bonds is 3. The Bertz CT molecular complexity index is 210.